The minimum atomic E-state index is -0.198. The van der Waals surface area contributed by atoms with Gasteiger partial charge in [0.1, 0.15) is 16.6 Å². The lowest BCUT2D eigenvalue weighted by Crippen LogP contribution is -2.39. The Morgan fingerprint density at radius 3 is 2.62 bits per heavy atom. The summed E-state index contributed by atoms with van der Waals surface area (Å²) < 4.78 is 10.7. The van der Waals surface area contributed by atoms with Gasteiger partial charge in [0, 0.05) is 23.9 Å². The number of benzene rings is 1. The van der Waals surface area contributed by atoms with Gasteiger partial charge in [0.2, 0.25) is 0 Å². The third-order valence-electron chi connectivity index (χ3n) is 4.58. The van der Waals surface area contributed by atoms with Crippen LogP contribution in [0.1, 0.15) is 36.2 Å². The number of ether oxygens (including phenoxy) is 2. The number of rotatable bonds is 4. The number of nitrogens with zero attached hydrogens (tertiary/aromatic N) is 1. The first-order valence-corrected chi connectivity index (χ1v) is 8.47. The van der Waals surface area contributed by atoms with E-state index in [2.05, 4.69) is 10.3 Å². The highest BCUT2D eigenvalue weighted by Crippen LogP contribution is 2.29. The van der Waals surface area contributed by atoms with Crippen molar-refractivity contribution in [3.05, 3.63) is 35.1 Å². The molecule has 1 saturated carbocycles. The molecule has 1 N–H and O–H groups in total. The van der Waals surface area contributed by atoms with Crippen molar-refractivity contribution in [2.75, 3.05) is 14.2 Å². The molecule has 1 amide bonds. The van der Waals surface area contributed by atoms with Crippen molar-refractivity contribution in [1.29, 1.82) is 0 Å². The number of hydrogen-bond acceptors (Lipinski definition) is 4. The van der Waals surface area contributed by atoms with E-state index in [-0.39, 0.29) is 17.1 Å². The molecule has 0 saturated heterocycles. The number of fused-ring (bicyclic) bond motifs is 1. The van der Waals surface area contributed by atoms with Crippen molar-refractivity contribution in [3.8, 4) is 5.75 Å². The molecule has 0 radical (unpaired) electrons. The van der Waals surface area contributed by atoms with Gasteiger partial charge in [-0.1, -0.05) is 23.7 Å². The van der Waals surface area contributed by atoms with Crippen molar-refractivity contribution in [1.82, 2.24) is 10.3 Å². The minimum absolute atomic E-state index is 0.144. The number of methoxy groups -OCH3 is 2. The normalized spacial score (nSPS) is 20.8. The van der Waals surface area contributed by atoms with Crippen molar-refractivity contribution < 1.29 is 14.3 Å². The van der Waals surface area contributed by atoms with E-state index in [0.29, 0.717) is 17.5 Å². The molecule has 3 rings (SSSR count). The first kappa shape index (κ1) is 17.0. The Labute approximate surface area is 146 Å². The standard InChI is InChI=1S/C18H21ClN2O3/c1-23-12-8-6-11(7-9-12)20-18(22)17-13-4-3-5-15(24-2)14(13)10-16(19)21-17/h3-5,10-12H,6-9H2,1-2H3,(H,20,22). The maximum Gasteiger partial charge on any atom is 0.270 e. The highest BCUT2D eigenvalue weighted by molar-refractivity contribution is 6.30. The lowest BCUT2D eigenvalue weighted by atomic mass is 9.93. The largest absolute Gasteiger partial charge is 0.496 e. The molecule has 1 heterocycles. The van der Waals surface area contributed by atoms with Crippen LogP contribution in [-0.2, 0) is 4.74 Å². The monoisotopic (exact) mass is 348 g/mol. The van der Waals surface area contributed by atoms with Crippen LogP contribution in [0, 0.1) is 0 Å². The van der Waals surface area contributed by atoms with E-state index in [1.165, 1.54) is 0 Å². The van der Waals surface area contributed by atoms with E-state index in [1.54, 1.807) is 20.3 Å². The summed E-state index contributed by atoms with van der Waals surface area (Å²) in [4.78, 5) is 17.0. The third-order valence-corrected chi connectivity index (χ3v) is 4.77. The van der Waals surface area contributed by atoms with Crippen molar-refractivity contribution in [2.24, 2.45) is 0 Å². The van der Waals surface area contributed by atoms with Gasteiger partial charge in [0.05, 0.1) is 13.2 Å². The van der Waals surface area contributed by atoms with Gasteiger partial charge in [-0.15, -0.1) is 0 Å². The second-order valence-electron chi connectivity index (χ2n) is 6.03. The molecule has 1 aliphatic rings. The number of hydrogen-bond donors (Lipinski definition) is 1. The summed E-state index contributed by atoms with van der Waals surface area (Å²) in [5.41, 5.74) is 0.338. The Hall–Kier alpha value is -1.85. The molecule has 24 heavy (non-hydrogen) atoms. The molecule has 1 aromatic heterocycles. The molecule has 128 valence electrons. The van der Waals surface area contributed by atoms with Crippen LogP contribution in [0.5, 0.6) is 5.75 Å². The molecule has 0 aliphatic heterocycles. The van der Waals surface area contributed by atoms with Crippen LogP contribution in [0.2, 0.25) is 5.15 Å². The molecule has 1 aliphatic carbocycles. The topological polar surface area (TPSA) is 60.5 Å². The molecule has 0 spiro atoms. The zero-order valence-corrected chi connectivity index (χ0v) is 14.6. The van der Waals surface area contributed by atoms with Crippen LogP contribution in [0.15, 0.2) is 24.3 Å². The highest BCUT2D eigenvalue weighted by atomic mass is 35.5. The van der Waals surface area contributed by atoms with Gasteiger partial charge in [0.25, 0.3) is 5.91 Å². The van der Waals surface area contributed by atoms with E-state index in [9.17, 15) is 4.79 Å². The van der Waals surface area contributed by atoms with Gasteiger partial charge in [-0.25, -0.2) is 4.98 Å². The number of carbonyl (C=O) groups is 1. The summed E-state index contributed by atoms with van der Waals surface area (Å²) in [6, 6.07) is 7.41. The van der Waals surface area contributed by atoms with Gasteiger partial charge >= 0.3 is 0 Å². The smallest absolute Gasteiger partial charge is 0.270 e. The maximum absolute atomic E-state index is 12.7. The lowest BCUT2D eigenvalue weighted by molar-refractivity contribution is 0.0598. The highest BCUT2D eigenvalue weighted by Gasteiger charge is 2.24. The molecular formula is C18H21ClN2O3. The molecule has 0 unspecified atom stereocenters. The fourth-order valence-electron chi connectivity index (χ4n) is 3.27. The van der Waals surface area contributed by atoms with Crippen LogP contribution < -0.4 is 10.1 Å². The number of carbonyl (C=O) groups excluding carboxylic acids is 1. The molecule has 1 aromatic carbocycles. The average Bonchev–Trinajstić information content (AvgIpc) is 2.61. The molecule has 2 aromatic rings. The molecule has 1 fully saturated rings. The molecule has 0 bridgehead atoms. The Morgan fingerprint density at radius 2 is 1.96 bits per heavy atom. The fraction of sp³-hybridized carbons (Fsp3) is 0.444. The van der Waals surface area contributed by atoms with Crippen LogP contribution in [0.25, 0.3) is 10.8 Å². The molecular weight excluding hydrogens is 328 g/mol. The first-order valence-electron chi connectivity index (χ1n) is 8.09. The summed E-state index contributed by atoms with van der Waals surface area (Å²) >= 11 is 6.11. The Morgan fingerprint density at radius 1 is 1.21 bits per heavy atom. The Balaban J connectivity index is 1.85. The summed E-state index contributed by atoms with van der Waals surface area (Å²) in [5, 5.41) is 4.88. The number of halogens is 1. The third kappa shape index (κ3) is 3.47. The van der Waals surface area contributed by atoms with Gasteiger partial charge < -0.3 is 14.8 Å². The first-order chi connectivity index (χ1) is 11.6. The molecule has 5 nitrogen and oxygen atoms in total. The van der Waals surface area contributed by atoms with E-state index in [0.717, 1.165) is 36.5 Å². The van der Waals surface area contributed by atoms with Crippen LogP contribution >= 0.6 is 11.6 Å². The lowest BCUT2D eigenvalue weighted by Gasteiger charge is -2.28. The number of aromatic nitrogens is 1. The van der Waals surface area contributed by atoms with E-state index >= 15 is 0 Å². The zero-order valence-electron chi connectivity index (χ0n) is 13.8. The predicted molar refractivity (Wildman–Crippen MR) is 93.8 cm³/mol. The van der Waals surface area contributed by atoms with E-state index in [1.807, 2.05) is 18.2 Å². The van der Waals surface area contributed by atoms with E-state index < -0.39 is 0 Å². The number of amides is 1. The summed E-state index contributed by atoms with van der Waals surface area (Å²) in [7, 11) is 3.33. The molecule has 6 heteroatoms. The second kappa shape index (κ2) is 7.36. The van der Waals surface area contributed by atoms with Crippen LogP contribution in [-0.4, -0.2) is 37.3 Å². The van der Waals surface area contributed by atoms with Crippen molar-refractivity contribution >= 4 is 28.3 Å². The predicted octanol–water partition coefficient (Wildman–Crippen LogP) is 3.58. The van der Waals surface area contributed by atoms with Gasteiger partial charge in [-0.2, -0.15) is 0 Å². The van der Waals surface area contributed by atoms with Gasteiger partial charge in [-0.3, -0.25) is 4.79 Å². The van der Waals surface area contributed by atoms with E-state index in [4.69, 9.17) is 21.1 Å². The van der Waals surface area contributed by atoms with Crippen molar-refractivity contribution in [2.45, 2.75) is 37.8 Å². The van der Waals surface area contributed by atoms with Crippen molar-refractivity contribution in [3.63, 3.8) is 0 Å². The zero-order chi connectivity index (χ0) is 17.1. The second-order valence-corrected chi connectivity index (χ2v) is 6.42. The number of nitrogens with one attached hydrogen (secondary N) is 1. The quantitative estimate of drug-likeness (QED) is 0.858. The number of pyridine rings is 1. The average molecular weight is 349 g/mol. The van der Waals surface area contributed by atoms with Crippen LogP contribution in [0.4, 0.5) is 0 Å². The summed E-state index contributed by atoms with van der Waals surface area (Å²) in [6.07, 6.45) is 4.03. The minimum Gasteiger partial charge on any atom is -0.496 e. The van der Waals surface area contributed by atoms with Gasteiger partial charge in [0.15, 0.2) is 0 Å². The Bertz CT molecular complexity index is 742. The fourth-order valence-corrected chi connectivity index (χ4v) is 3.46. The summed E-state index contributed by atoms with van der Waals surface area (Å²) in [5.74, 6) is 0.475. The molecule has 0 atom stereocenters. The maximum atomic E-state index is 12.7. The summed E-state index contributed by atoms with van der Waals surface area (Å²) in [6.45, 7) is 0. The Kier molecular flexibility index (Phi) is 5.21. The van der Waals surface area contributed by atoms with Crippen LogP contribution in [0.3, 0.4) is 0 Å². The van der Waals surface area contributed by atoms with Gasteiger partial charge in [-0.05, 0) is 37.8 Å². The SMILES string of the molecule is COc1cccc2c(C(=O)NC3CCC(OC)CC3)nc(Cl)cc12.